The van der Waals surface area contributed by atoms with E-state index in [0.717, 1.165) is 26.1 Å². The first-order valence-corrected chi connectivity index (χ1v) is 6.61. The van der Waals surface area contributed by atoms with Crippen molar-refractivity contribution in [3.63, 3.8) is 0 Å². The third-order valence-electron chi connectivity index (χ3n) is 3.32. The molecule has 1 atom stereocenters. The maximum Gasteiger partial charge on any atom is 0.0627 e. The summed E-state index contributed by atoms with van der Waals surface area (Å²) >= 11 is 0. The molecular formula is C14H27N3O. The Labute approximate surface area is 111 Å². The Morgan fingerprint density at radius 2 is 2.17 bits per heavy atom. The lowest BCUT2D eigenvalue weighted by molar-refractivity contribution is 0.186. The highest BCUT2D eigenvalue weighted by atomic mass is 16.5. The molecule has 1 aromatic heterocycles. The van der Waals surface area contributed by atoms with Crippen molar-refractivity contribution in [2.45, 2.75) is 27.2 Å². The molecule has 18 heavy (non-hydrogen) atoms. The minimum absolute atomic E-state index is 0.275. The van der Waals surface area contributed by atoms with Gasteiger partial charge in [-0.05, 0) is 30.4 Å². The molecule has 1 heterocycles. The van der Waals surface area contributed by atoms with Gasteiger partial charge in [-0.2, -0.15) is 5.10 Å². The first-order chi connectivity index (χ1) is 8.43. The van der Waals surface area contributed by atoms with Crippen LogP contribution in [0.4, 0.5) is 0 Å². The van der Waals surface area contributed by atoms with E-state index in [1.54, 1.807) is 7.11 Å². The lowest BCUT2D eigenvalue weighted by Crippen LogP contribution is -2.34. The van der Waals surface area contributed by atoms with Crippen LogP contribution in [0.2, 0.25) is 0 Å². The first kappa shape index (κ1) is 15.2. The summed E-state index contributed by atoms with van der Waals surface area (Å²) < 4.78 is 6.92. The van der Waals surface area contributed by atoms with Crippen LogP contribution in [0.1, 0.15) is 26.5 Å². The number of nitrogens with zero attached hydrogens (tertiary/aromatic N) is 2. The lowest BCUT2D eigenvalue weighted by Gasteiger charge is -2.30. The molecule has 0 bridgehead atoms. The maximum absolute atomic E-state index is 5.05. The molecule has 1 N–H and O–H groups in total. The van der Waals surface area contributed by atoms with Crippen LogP contribution in [-0.2, 0) is 18.2 Å². The predicted octanol–water partition coefficient (Wildman–Crippen LogP) is 1.86. The summed E-state index contributed by atoms with van der Waals surface area (Å²) in [6, 6.07) is 2.11. The van der Waals surface area contributed by atoms with Gasteiger partial charge in [0.05, 0.1) is 12.3 Å². The fourth-order valence-electron chi connectivity index (χ4n) is 1.96. The van der Waals surface area contributed by atoms with E-state index in [1.807, 2.05) is 17.9 Å². The summed E-state index contributed by atoms with van der Waals surface area (Å²) in [4.78, 5) is 0. The molecule has 1 unspecified atom stereocenters. The Balaban J connectivity index is 2.51. The Morgan fingerprint density at radius 1 is 1.44 bits per heavy atom. The van der Waals surface area contributed by atoms with Crippen LogP contribution < -0.4 is 5.32 Å². The standard InChI is InChI=1S/C14H27N3O/c1-14(2,3)12(11-15-7-9-18-5)10-13-6-8-17(4)16-13/h6,8,12,15H,7,9-11H2,1-5H3. The van der Waals surface area contributed by atoms with Crippen LogP contribution in [0.25, 0.3) is 0 Å². The topological polar surface area (TPSA) is 39.1 Å². The molecule has 104 valence electrons. The zero-order chi connectivity index (χ0) is 13.6. The molecular weight excluding hydrogens is 226 g/mol. The molecule has 4 nitrogen and oxygen atoms in total. The van der Waals surface area contributed by atoms with Crippen molar-refractivity contribution >= 4 is 0 Å². The summed E-state index contributed by atoms with van der Waals surface area (Å²) in [7, 11) is 3.70. The zero-order valence-electron chi connectivity index (χ0n) is 12.4. The average molecular weight is 253 g/mol. The summed E-state index contributed by atoms with van der Waals surface area (Å²) in [6.45, 7) is 9.55. The monoisotopic (exact) mass is 253 g/mol. The average Bonchev–Trinajstić information content (AvgIpc) is 2.67. The van der Waals surface area contributed by atoms with E-state index in [1.165, 1.54) is 5.69 Å². The summed E-state index contributed by atoms with van der Waals surface area (Å²) in [5.74, 6) is 0.573. The van der Waals surface area contributed by atoms with Gasteiger partial charge in [0.1, 0.15) is 0 Å². The number of aryl methyl sites for hydroxylation is 1. The van der Waals surface area contributed by atoms with Crippen molar-refractivity contribution in [2.75, 3.05) is 26.8 Å². The van der Waals surface area contributed by atoms with Gasteiger partial charge in [0, 0.05) is 26.9 Å². The SMILES string of the molecule is COCCNCC(Cc1ccn(C)n1)C(C)(C)C. The van der Waals surface area contributed by atoms with Crippen molar-refractivity contribution in [2.24, 2.45) is 18.4 Å². The minimum atomic E-state index is 0.275. The third kappa shape index (κ3) is 5.19. The van der Waals surface area contributed by atoms with Gasteiger partial charge in [-0.3, -0.25) is 4.68 Å². The molecule has 1 aromatic rings. The number of hydrogen-bond acceptors (Lipinski definition) is 3. The lowest BCUT2D eigenvalue weighted by atomic mass is 9.78. The largest absolute Gasteiger partial charge is 0.383 e. The smallest absolute Gasteiger partial charge is 0.0627 e. The number of ether oxygens (including phenoxy) is 1. The second-order valence-corrected chi connectivity index (χ2v) is 5.94. The molecule has 0 saturated carbocycles. The predicted molar refractivity (Wildman–Crippen MR) is 74.6 cm³/mol. The van der Waals surface area contributed by atoms with Gasteiger partial charge in [0.15, 0.2) is 0 Å². The molecule has 0 amide bonds. The van der Waals surface area contributed by atoms with E-state index in [9.17, 15) is 0 Å². The van der Waals surface area contributed by atoms with E-state index in [-0.39, 0.29) is 5.41 Å². The summed E-state index contributed by atoms with van der Waals surface area (Å²) in [5, 5.41) is 7.93. The number of aromatic nitrogens is 2. The van der Waals surface area contributed by atoms with Crippen LogP contribution in [0.15, 0.2) is 12.3 Å². The minimum Gasteiger partial charge on any atom is -0.383 e. The fraction of sp³-hybridized carbons (Fsp3) is 0.786. The van der Waals surface area contributed by atoms with E-state index in [0.29, 0.717) is 5.92 Å². The number of nitrogens with one attached hydrogen (secondary N) is 1. The van der Waals surface area contributed by atoms with Crippen LogP contribution >= 0.6 is 0 Å². The Kier molecular flexibility index (Phi) is 5.82. The highest BCUT2D eigenvalue weighted by molar-refractivity contribution is 5.01. The van der Waals surface area contributed by atoms with Gasteiger partial charge in [-0.15, -0.1) is 0 Å². The molecule has 0 spiro atoms. The number of rotatable bonds is 7. The second-order valence-electron chi connectivity index (χ2n) is 5.94. The Morgan fingerprint density at radius 3 is 2.67 bits per heavy atom. The van der Waals surface area contributed by atoms with E-state index < -0.39 is 0 Å². The Bertz CT molecular complexity index is 341. The van der Waals surface area contributed by atoms with E-state index in [4.69, 9.17) is 4.74 Å². The molecule has 0 aliphatic heterocycles. The molecule has 0 fully saturated rings. The molecule has 0 aromatic carbocycles. The molecule has 0 aliphatic rings. The third-order valence-corrected chi connectivity index (χ3v) is 3.32. The summed E-state index contributed by atoms with van der Waals surface area (Å²) in [6.07, 6.45) is 3.03. The molecule has 0 aliphatic carbocycles. The van der Waals surface area contributed by atoms with Gasteiger partial charge in [0.2, 0.25) is 0 Å². The number of methoxy groups -OCH3 is 1. The maximum atomic E-state index is 5.05. The second kappa shape index (κ2) is 6.90. The quantitative estimate of drug-likeness (QED) is 0.754. The van der Waals surface area contributed by atoms with Gasteiger partial charge < -0.3 is 10.1 Å². The van der Waals surface area contributed by atoms with E-state index >= 15 is 0 Å². The van der Waals surface area contributed by atoms with Crippen molar-refractivity contribution in [1.82, 2.24) is 15.1 Å². The zero-order valence-corrected chi connectivity index (χ0v) is 12.4. The van der Waals surface area contributed by atoms with Crippen molar-refractivity contribution in [3.8, 4) is 0 Å². The summed E-state index contributed by atoms with van der Waals surface area (Å²) in [5.41, 5.74) is 1.45. The van der Waals surface area contributed by atoms with Crippen molar-refractivity contribution in [1.29, 1.82) is 0 Å². The van der Waals surface area contributed by atoms with Crippen LogP contribution in [-0.4, -0.2) is 36.6 Å². The van der Waals surface area contributed by atoms with Crippen molar-refractivity contribution in [3.05, 3.63) is 18.0 Å². The highest BCUT2D eigenvalue weighted by Gasteiger charge is 2.25. The van der Waals surface area contributed by atoms with Crippen molar-refractivity contribution < 1.29 is 4.74 Å². The van der Waals surface area contributed by atoms with Crippen LogP contribution in [0.5, 0.6) is 0 Å². The van der Waals surface area contributed by atoms with Crippen LogP contribution in [0.3, 0.4) is 0 Å². The first-order valence-electron chi connectivity index (χ1n) is 6.61. The number of hydrogen-bond donors (Lipinski definition) is 1. The molecule has 1 rings (SSSR count). The van der Waals surface area contributed by atoms with Gasteiger partial charge in [-0.1, -0.05) is 20.8 Å². The van der Waals surface area contributed by atoms with Gasteiger partial charge in [-0.25, -0.2) is 0 Å². The van der Waals surface area contributed by atoms with Gasteiger partial charge >= 0.3 is 0 Å². The normalized spacial score (nSPS) is 13.8. The van der Waals surface area contributed by atoms with Crippen LogP contribution in [0, 0.1) is 11.3 Å². The molecule has 4 heteroatoms. The molecule has 0 radical (unpaired) electrons. The Hall–Kier alpha value is -0.870. The van der Waals surface area contributed by atoms with Gasteiger partial charge in [0.25, 0.3) is 0 Å². The fourth-order valence-corrected chi connectivity index (χ4v) is 1.96. The highest BCUT2D eigenvalue weighted by Crippen LogP contribution is 2.28. The molecule has 0 saturated heterocycles. The van der Waals surface area contributed by atoms with E-state index in [2.05, 4.69) is 37.3 Å².